The van der Waals surface area contributed by atoms with Gasteiger partial charge in [0.05, 0.1) is 5.56 Å². The van der Waals surface area contributed by atoms with Crippen LogP contribution in [-0.2, 0) is 4.65 Å². The molecule has 0 fully saturated rings. The van der Waals surface area contributed by atoms with Gasteiger partial charge >= 0.3 is 13.7 Å². The van der Waals surface area contributed by atoms with Gasteiger partial charge in [0.15, 0.2) is 0 Å². The zero-order valence-electron chi connectivity index (χ0n) is 8.01. The van der Waals surface area contributed by atoms with Gasteiger partial charge in [-0.25, -0.2) is 4.79 Å². The van der Waals surface area contributed by atoms with Gasteiger partial charge in [0.1, 0.15) is 0 Å². The standard InChI is InChI=1S/C11H9BO3/c13-11(15-12-14)10-7-3-5-8-4-1-2-6-9(8)10/h1-7,12,14H. The third kappa shape index (κ3) is 1.85. The first-order chi connectivity index (χ1) is 7.33. The highest BCUT2D eigenvalue weighted by Gasteiger charge is 2.09. The molecule has 0 aliphatic rings. The van der Waals surface area contributed by atoms with Crippen LogP contribution < -0.4 is 0 Å². The number of benzene rings is 2. The fourth-order valence-electron chi connectivity index (χ4n) is 1.54. The summed E-state index contributed by atoms with van der Waals surface area (Å²) < 4.78 is 4.55. The maximum Gasteiger partial charge on any atom is 0.506 e. The smallest absolute Gasteiger partial charge is 0.506 e. The first-order valence-electron chi connectivity index (χ1n) is 4.58. The molecule has 0 aliphatic carbocycles. The zero-order chi connectivity index (χ0) is 10.7. The molecule has 1 N–H and O–H groups in total. The fourth-order valence-corrected chi connectivity index (χ4v) is 1.54. The molecule has 2 aromatic rings. The van der Waals surface area contributed by atoms with Crippen molar-refractivity contribution in [2.75, 3.05) is 0 Å². The van der Waals surface area contributed by atoms with Crippen LogP contribution in [0.25, 0.3) is 10.8 Å². The van der Waals surface area contributed by atoms with Crippen LogP contribution in [-0.4, -0.2) is 18.7 Å². The minimum atomic E-state index is -0.595. The molecule has 0 atom stereocenters. The third-order valence-corrected chi connectivity index (χ3v) is 2.21. The van der Waals surface area contributed by atoms with E-state index in [0.717, 1.165) is 10.8 Å². The lowest BCUT2D eigenvalue weighted by Gasteiger charge is -2.04. The van der Waals surface area contributed by atoms with Crippen molar-refractivity contribution in [1.29, 1.82) is 0 Å². The molecule has 0 aliphatic heterocycles. The van der Waals surface area contributed by atoms with E-state index in [1.807, 2.05) is 30.3 Å². The fraction of sp³-hybridized carbons (Fsp3) is 0. The molecule has 0 saturated carbocycles. The minimum absolute atomic E-state index is 0.474. The van der Waals surface area contributed by atoms with Gasteiger partial charge < -0.3 is 9.68 Å². The summed E-state index contributed by atoms with van der Waals surface area (Å²) in [6, 6.07) is 12.9. The summed E-state index contributed by atoms with van der Waals surface area (Å²) in [5.74, 6) is -0.505. The number of fused-ring (bicyclic) bond motifs is 1. The average Bonchev–Trinajstić information content (AvgIpc) is 2.28. The summed E-state index contributed by atoms with van der Waals surface area (Å²) in [6.45, 7) is 0. The van der Waals surface area contributed by atoms with Gasteiger partial charge in [0.2, 0.25) is 0 Å². The summed E-state index contributed by atoms with van der Waals surface area (Å²) in [5.41, 5.74) is 0.474. The van der Waals surface area contributed by atoms with Gasteiger partial charge in [-0.2, -0.15) is 0 Å². The molecule has 0 aromatic heterocycles. The van der Waals surface area contributed by atoms with Crippen LogP contribution in [0.5, 0.6) is 0 Å². The summed E-state index contributed by atoms with van der Waals surface area (Å²) in [6.07, 6.45) is 0. The van der Waals surface area contributed by atoms with Crippen molar-refractivity contribution < 1.29 is 14.5 Å². The van der Waals surface area contributed by atoms with Crippen LogP contribution in [0.2, 0.25) is 0 Å². The van der Waals surface area contributed by atoms with Crippen LogP contribution in [0.15, 0.2) is 42.5 Å². The Hall–Kier alpha value is -1.81. The summed E-state index contributed by atoms with van der Waals surface area (Å²) in [4.78, 5) is 11.5. The average molecular weight is 200 g/mol. The molecule has 0 unspecified atom stereocenters. The van der Waals surface area contributed by atoms with E-state index in [1.165, 1.54) is 0 Å². The Morgan fingerprint density at radius 2 is 1.87 bits per heavy atom. The van der Waals surface area contributed by atoms with Crippen LogP contribution in [0.1, 0.15) is 10.4 Å². The van der Waals surface area contributed by atoms with Crippen LogP contribution in [0, 0.1) is 0 Å². The van der Waals surface area contributed by atoms with Crippen molar-refractivity contribution in [3.8, 4) is 0 Å². The van der Waals surface area contributed by atoms with Crippen molar-refractivity contribution in [3.05, 3.63) is 48.0 Å². The molecule has 2 rings (SSSR count). The summed E-state index contributed by atoms with van der Waals surface area (Å²) in [7, 11) is -0.595. The van der Waals surface area contributed by atoms with Crippen molar-refractivity contribution in [2.24, 2.45) is 0 Å². The van der Waals surface area contributed by atoms with E-state index >= 15 is 0 Å². The third-order valence-electron chi connectivity index (χ3n) is 2.21. The molecule has 4 heteroatoms. The molecule has 2 aromatic carbocycles. The van der Waals surface area contributed by atoms with E-state index < -0.39 is 13.7 Å². The quantitative estimate of drug-likeness (QED) is 0.742. The second kappa shape index (κ2) is 4.15. The van der Waals surface area contributed by atoms with E-state index in [2.05, 4.69) is 4.65 Å². The Balaban J connectivity index is 2.56. The SMILES string of the molecule is O=C(OBO)c1cccc2ccccc12. The Morgan fingerprint density at radius 3 is 2.67 bits per heavy atom. The normalized spacial score (nSPS) is 9.93. The molecular weight excluding hydrogens is 191 g/mol. The van der Waals surface area contributed by atoms with Crippen molar-refractivity contribution in [3.63, 3.8) is 0 Å². The van der Waals surface area contributed by atoms with Crippen LogP contribution in [0.4, 0.5) is 0 Å². The zero-order valence-corrected chi connectivity index (χ0v) is 8.01. The molecule has 0 bridgehead atoms. The number of rotatable bonds is 2. The number of hydrogen-bond donors (Lipinski definition) is 1. The minimum Gasteiger partial charge on any atom is -0.509 e. The Kier molecular flexibility index (Phi) is 2.69. The van der Waals surface area contributed by atoms with Gasteiger partial charge in [-0.15, -0.1) is 0 Å². The summed E-state index contributed by atoms with van der Waals surface area (Å²) in [5, 5.41) is 10.3. The molecule has 0 spiro atoms. The molecule has 0 saturated heterocycles. The number of carbonyl (C=O) groups is 1. The van der Waals surface area contributed by atoms with Gasteiger partial charge in [-0.05, 0) is 16.8 Å². The first-order valence-corrected chi connectivity index (χ1v) is 4.58. The molecule has 3 nitrogen and oxygen atoms in total. The molecule has 0 amide bonds. The summed E-state index contributed by atoms with van der Waals surface area (Å²) >= 11 is 0. The van der Waals surface area contributed by atoms with E-state index in [0.29, 0.717) is 5.56 Å². The van der Waals surface area contributed by atoms with Gasteiger partial charge in [-0.3, -0.25) is 0 Å². The van der Waals surface area contributed by atoms with Crippen molar-refractivity contribution in [1.82, 2.24) is 0 Å². The maximum absolute atomic E-state index is 11.5. The maximum atomic E-state index is 11.5. The monoisotopic (exact) mass is 200 g/mol. The lowest BCUT2D eigenvalue weighted by molar-refractivity contribution is 0.0721. The Bertz CT molecular complexity index is 491. The highest BCUT2D eigenvalue weighted by Crippen LogP contribution is 2.18. The lowest BCUT2D eigenvalue weighted by atomic mass is 10.0. The molecule has 0 radical (unpaired) electrons. The number of carbonyl (C=O) groups excluding carboxylic acids is 1. The largest absolute Gasteiger partial charge is 0.509 e. The molecule has 74 valence electrons. The highest BCUT2D eigenvalue weighted by molar-refractivity contribution is 6.23. The van der Waals surface area contributed by atoms with Gasteiger partial charge in [0.25, 0.3) is 0 Å². The van der Waals surface area contributed by atoms with Crippen LogP contribution >= 0.6 is 0 Å². The van der Waals surface area contributed by atoms with E-state index in [1.54, 1.807) is 12.1 Å². The molecule has 15 heavy (non-hydrogen) atoms. The van der Waals surface area contributed by atoms with Crippen molar-refractivity contribution in [2.45, 2.75) is 0 Å². The van der Waals surface area contributed by atoms with Gasteiger partial charge in [-0.1, -0.05) is 36.4 Å². The predicted molar refractivity (Wildman–Crippen MR) is 58.7 cm³/mol. The lowest BCUT2D eigenvalue weighted by Crippen LogP contribution is -2.08. The van der Waals surface area contributed by atoms with E-state index in [4.69, 9.17) is 5.02 Å². The topological polar surface area (TPSA) is 46.5 Å². The van der Waals surface area contributed by atoms with Crippen molar-refractivity contribution >= 4 is 24.4 Å². The second-order valence-electron chi connectivity index (χ2n) is 3.09. The van der Waals surface area contributed by atoms with Crippen LogP contribution in [0.3, 0.4) is 0 Å². The molecular formula is C11H9BO3. The Labute approximate surface area is 87.6 Å². The predicted octanol–water partition coefficient (Wildman–Crippen LogP) is 1.26. The molecule has 0 heterocycles. The second-order valence-corrected chi connectivity index (χ2v) is 3.09. The first kappa shape index (κ1) is 9.74. The number of hydrogen-bond acceptors (Lipinski definition) is 3. The highest BCUT2D eigenvalue weighted by atomic mass is 16.6. The van der Waals surface area contributed by atoms with E-state index in [-0.39, 0.29) is 0 Å². The van der Waals surface area contributed by atoms with E-state index in [9.17, 15) is 4.79 Å². The van der Waals surface area contributed by atoms with Gasteiger partial charge in [0, 0.05) is 0 Å². The Morgan fingerprint density at radius 1 is 1.13 bits per heavy atom.